The number of carbonyl (C=O) groups is 1. The van der Waals surface area contributed by atoms with Crippen molar-refractivity contribution in [2.24, 2.45) is 4.36 Å². The average molecular weight is 407 g/mol. The molecule has 1 aliphatic heterocycles. The van der Waals surface area contributed by atoms with E-state index in [0.717, 1.165) is 23.7 Å². The molecule has 1 fully saturated rings. The van der Waals surface area contributed by atoms with Gasteiger partial charge in [0.1, 0.15) is 9.92 Å². The molecule has 3 rings (SSSR count). The molecule has 4 nitrogen and oxygen atoms in total. The molecule has 126 valence electrons. The zero-order chi connectivity index (χ0) is 17.0. The van der Waals surface area contributed by atoms with E-state index in [0.29, 0.717) is 23.5 Å². The van der Waals surface area contributed by atoms with Crippen molar-refractivity contribution in [1.82, 2.24) is 4.31 Å². The molecule has 0 spiro atoms. The van der Waals surface area contributed by atoms with Gasteiger partial charge in [0.05, 0.1) is 4.90 Å². The summed E-state index contributed by atoms with van der Waals surface area (Å²) in [7, 11) is -2.93. The fourth-order valence-electron chi connectivity index (χ4n) is 2.73. The van der Waals surface area contributed by atoms with Crippen molar-refractivity contribution in [3.8, 4) is 0 Å². The lowest BCUT2D eigenvalue weighted by molar-refractivity contribution is 0.100. The van der Waals surface area contributed by atoms with Crippen LogP contribution in [0.4, 0.5) is 0 Å². The first-order valence-corrected chi connectivity index (χ1v) is 10.2. The van der Waals surface area contributed by atoms with Crippen molar-refractivity contribution in [3.63, 3.8) is 0 Å². The van der Waals surface area contributed by atoms with Crippen LogP contribution in [0.3, 0.4) is 0 Å². The van der Waals surface area contributed by atoms with Crippen LogP contribution in [-0.2, 0) is 9.92 Å². The van der Waals surface area contributed by atoms with E-state index >= 15 is 0 Å². The van der Waals surface area contributed by atoms with Gasteiger partial charge in [-0.2, -0.15) is 0 Å². The highest BCUT2D eigenvalue weighted by Crippen LogP contribution is 2.24. The lowest BCUT2D eigenvalue weighted by Gasteiger charge is -2.29. The van der Waals surface area contributed by atoms with E-state index in [1.54, 1.807) is 36.4 Å². The number of halogens is 1. The molecule has 24 heavy (non-hydrogen) atoms. The largest absolute Gasteiger partial charge is 0.286 e. The third-order valence-corrected chi connectivity index (χ3v) is 6.91. The maximum atomic E-state index is 13.7. The van der Waals surface area contributed by atoms with Crippen LogP contribution in [0, 0.1) is 0 Å². The minimum absolute atomic E-state index is 0.443. The molecule has 0 bridgehead atoms. The summed E-state index contributed by atoms with van der Waals surface area (Å²) in [4.78, 5) is 13.2. The summed E-state index contributed by atoms with van der Waals surface area (Å²) >= 11 is 3.35. The Labute approximate surface area is 151 Å². The van der Waals surface area contributed by atoms with Crippen molar-refractivity contribution < 1.29 is 9.00 Å². The van der Waals surface area contributed by atoms with E-state index in [-0.39, 0.29) is 0 Å². The van der Waals surface area contributed by atoms with Gasteiger partial charge in [-0.3, -0.25) is 4.79 Å². The standard InChI is InChI=1S/C18H19BrN2O2S/c19-16-11-9-15(10-12-16)18(22)20-24(23,17-7-3-1-4-8-17)21-13-5-2-6-14-21/h1,3-4,7-12H,2,5-6,13-14H2. The highest BCUT2D eigenvalue weighted by atomic mass is 79.9. The van der Waals surface area contributed by atoms with Crippen LogP contribution in [0.1, 0.15) is 29.6 Å². The van der Waals surface area contributed by atoms with E-state index in [4.69, 9.17) is 0 Å². The molecule has 0 saturated carbocycles. The Morgan fingerprint density at radius 2 is 1.58 bits per heavy atom. The van der Waals surface area contributed by atoms with Gasteiger partial charge in [0.2, 0.25) is 0 Å². The summed E-state index contributed by atoms with van der Waals surface area (Å²) in [6.45, 7) is 1.40. The van der Waals surface area contributed by atoms with E-state index in [9.17, 15) is 9.00 Å². The molecule has 1 heterocycles. The van der Waals surface area contributed by atoms with Crippen LogP contribution in [0.15, 0.2) is 68.3 Å². The normalized spacial score (nSPS) is 17.9. The van der Waals surface area contributed by atoms with Crippen LogP contribution < -0.4 is 0 Å². The van der Waals surface area contributed by atoms with Crippen molar-refractivity contribution in [1.29, 1.82) is 0 Å². The molecule has 1 saturated heterocycles. The zero-order valence-corrected chi connectivity index (χ0v) is 15.6. The average Bonchev–Trinajstić information content (AvgIpc) is 2.63. The van der Waals surface area contributed by atoms with Crippen molar-refractivity contribution >= 4 is 31.8 Å². The number of rotatable bonds is 3. The summed E-state index contributed by atoms with van der Waals surface area (Å²) in [5.41, 5.74) is 0.443. The van der Waals surface area contributed by atoms with Gasteiger partial charge in [-0.25, -0.2) is 8.51 Å². The van der Waals surface area contributed by atoms with Gasteiger partial charge in [-0.15, -0.1) is 4.36 Å². The molecule has 0 aliphatic carbocycles. The number of benzene rings is 2. The fourth-order valence-corrected chi connectivity index (χ4v) is 5.11. The Hall–Kier alpha value is -1.50. The molecular weight excluding hydrogens is 388 g/mol. The number of nitrogens with zero attached hydrogens (tertiary/aromatic N) is 2. The number of hydrogen-bond donors (Lipinski definition) is 0. The molecule has 0 aromatic heterocycles. The molecule has 1 atom stereocenters. The van der Waals surface area contributed by atoms with Crippen molar-refractivity contribution in [2.75, 3.05) is 13.1 Å². The predicted octanol–water partition coefficient (Wildman–Crippen LogP) is 4.52. The van der Waals surface area contributed by atoms with Gasteiger partial charge in [0.15, 0.2) is 0 Å². The second kappa shape index (κ2) is 7.59. The first-order valence-electron chi connectivity index (χ1n) is 7.97. The summed E-state index contributed by atoms with van der Waals surface area (Å²) in [6.07, 6.45) is 3.08. The summed E-state index contributed by atoms with van der Waals surface area (Å²) in [6, 6.07) is 16.1. The first kappa shape index (κ1) is 17.3. The zero-order valence-electron chi connectivity index (χ0n) is 13.2. The van der Waals surface area contributed by atoms with Gasteiger partial charge in [-0.1, -0.05) is 40.5 Å². The highest BCUT2D eigenvalue weighted by molar-refractivity contribution is 9.10. The monoisotopic (exact) mass is 406 g/mol. The van der Waals surface area contributed by atoms with Crippen LogP contribution in [0.2, 0.25) is 0 Å². The Morgan fingerprint density at radius 1 is 0.958 bits per heavy atom. The molecule has 0 radical (unpaired) electrons. The Morgan fingerprint density at radius 3 is 2.21 bits per heavy atom. The molecular formula is C18H19BrN2O2S. The molecule has 6 heteroatoms. The van der Waals surface area contributed by atoms with Crippen LogP contribution >= 0.6 is 15.9 Å². The summed E-state index contributed by atoms with van der Waals surface area (Å²) in [5.74, 6) is -0.443. The van der Waals surface area contributed by atoms with Crippen molar-refractivity contribution in [2.45, 2.75) is 24.2 Å². The van der Waals surface area contributed by atoms with Gasteiger partial charge in [-0.05, 0) is 49.2 Å². The molecule has 1 amide bonds. The summed E-state index contributed by atoms with van der Waals surface area (Å²) in [5, 5.41) is 0. The predicted molar refractivity (Wildman–Crippen MR) is 99.2 cm³/mol. The molecule has 1 unspecified atom stereocenters. The summed E-state index contributed by atoms with van der Waals surface area (Å²) < 4.78 is 20.7. The lowest BCUT2D eigenvalue weighted by atomic mass is 10.2. The van der Waals surface area contributed by atoms with Crippen LogP contribution in [0.25, 0.3) is 0 Å². The third kappa shape index (κ3) is 3.77. The lowest BCUT2D eigenvalue weighted by Crippen LogP contribution is -2.36. The molecule has 0 N–H and O–H groups in total. The quantitative estimate of drug-likeness (QED) is 0.752. The SMILES string of the molecule is O=C(N=S(=O)(c1ccccc1)N1CCCCC1)c1ccc(Br)cc1. The van der Waals surface area contributed by atoms with E-state index in [1.165, 1.54) is 0 Å². The molecule has 1 aliphatic rings. The van der Waals surface area contributed by atoms with Crippen LogP contribution in [-0.4, -0.2) is 27.5 Å². The highest BCUT2D eigenvalue weighted by Gasteiger charge is 2.25. The number of hydrogen-bond acceptors (Lipinski definition) is 2. The Kier molecular flexibility index (Phi) is 5.48. The van der Waals surface area contributed by atoms with Crippen molar-refractivity contribution in [3.05, 3.63) is 64.6 Å². The van der Waals surface area contributed by atoms with Gasteiger partial charge >= 0.3 is 0 Å². The van der Waals surface area contributed by atoms with Crippen LogP contribution in [0.5, 0.6) is 0 Å². The fraction of sp³-hybridized carbons (Fsp3) is 0.278. The molecule has 2 aromatic carbocycles. The van der Waals surface area contributed by atoms with E-state index < -0.39 is 15.8 Å². The van der Waals surface area contributed by atoms with Gasteiger partial charge in [0, 0.05) is 23.1 Å². The Bertz CT molecular complexity index is 822. The topological polar surface area (TPSA) is 49.7 Å². The Balaban J connectivity index is 2.05. The second-order valence-electron chi connectivity index (χ2n) is 5.70. The number of carbonyl (C=O) groups excluding carboxylic acids is 1. The third-order valence-electron chi connectivity index (χ3n) is 4.01. The van der Waals surface area contributed by atoms with Gasteiger partial charge < -0.3 is 0 Å². The van der Waals surface area contributed by atoms with E-state index in [1.807, 2.05) is 22.5 Å². The first-order chi connectivity index (χ1) is 11.6. The smallest absolute Gasteiger partial charge is 0.266 e. The molecule has 2 aromatic rings. The number of piperidine rings is 1. The minimum atomic E-state index is -2.93. The van der Waals surface area contributed by atoms with Gasteiger partial charge in [0.25, 0.3) is 5.91 Å². The maximum Gasteiger partial charge on any atom is 0.286 e. The number of amides is 1. The second-order valence-corrected chi connectivity index (χ2v) is 8.78. The van der Waals surface area contributed by atoms with E-state index in [2.05, 4.69) is 20.3 Å². The minimum Gasteiger partial charge on any atom is -0.266 e. The maximum absolute atomic E-state index is 13.7.